The normalized spacial score (nSPS) is 10.3. The molecule has 3 rings (SSSR count). The van der Waals surface area contributed by atoms with Crippen LogP contribution in [0.25, 0.3) is 0 Å². The molecule has 2 N–H and O–H groups in total. The van der Waals surface area contributed by atoms with Crippen molar-refractivity contribution >= 4 is 33.3 Å². The van der Waals surface area contributed by atoms with Gasteiger partial charge in [-0.25, -0.2) is 9.97 Å². The van der Waals surface area contributed by atoms with Crippen molar-refractivity contribution in [3.8, 4) is 0 Å². The van der Waals surface area contributed by atoms with Crippen molar-refractivity contribution in [1.82, 2.24) is 9.97 Å². The minimum absolute atomic E-state index is 0.582. The minimum Gasteiger partial charge on any atom is -0.467 e. The second-order valence-corrected chi connectivity index (χ2v) is 5.18. The first-order valence-corrected chi connectivity index (χ1v) is 7.20. The van der Waals surface area contributed by atoms with Crippen LogP contribution in [0.15, 0.2) is 63.9 Å². The Bertz CT molecular complexity index is 715. The fraction of sp³-hybridized carbons (Fsp3) is 0.0667. The molecule has 0 bridgehead atoms. The summed E-state index contributed by atoms with van der Waals surface area (Å²) in [6, 6.07) is 13.5. The lowest BCUT2D eigenvalue weighted by molar-refractivity contribution is 0.518. The molecule has 2 aromatic heterocycles. The maximum absolute atomic E-state index is 5.27. The van der Waals surface area contributed by atoms with Gasteiger partial charge in [0.1, 0.15) is 23.7 Å². The highest BCUT2D eigenvalue weighted by atomic mass is 79.9. The third-order valence-electron chi connectivity index (χ3n) is 2.83. The van der Waals surface area contributed by atoms with Crippen molar-refractivity contribution in [3.63, 3.8) is 0 Å². The van der Waals surface area contributed by atoms with E-state index in [9.17, 15) is 0 Å². The maximum atomic E-state index is 5.27. The van der Waals surface area contributed by atoms with Crippen LogP contribution in [0.2, 0.25) is 0 Å². The van der Waals surface area contributed by atoms with E-state index < -0.39 is 0 Å². The second-order valence-electron chi connectivity index (χ2n) is 4.33. The highest BCUT2D eigenvalue weighted by molar-refractivity contribution is 9.10. The standard InChI is InChI=1S/C15H13BrN4O/c16-12-5-1-2-6-13(12)20-15-8-14(18-10-19-15)17-9-11-4-3-7-21-11/h1-8,10H,9H2,(H2,17,18,19,20). The molecule has 0 atom stereocenters. The van der Waals surface area contributed by atoms with Crippen LogP contribution in [0.4, 0.5) is 17.3 Å². The molecule has 6 heteroatoms. The smallest absolute Gasteiger partial charge is 0.135 e. The fourth-order valence-electron chi connectivity index (χ4n) is 1.81. The average Bonchev–Trinajstić information content (AvgIpc) is 3.01. The Kier molecular flexibility index (Phi) is 4.16. The molecule has 0 aliphatic carbocycles. The van der Waals surface area contributed by atoms with Crippen LogP contribution >= 0.6 is 15.9 Å². The Morgan fingerprint density at radius 1 is 1.05 bits per heavy atom. The van der Waals surface area contributed by atoms with Crippen molar-refractivity contribution < 1.29 is 4.42 Å². The summed E-state index contributed by atoms with van der Waals surface area (Å²) in [6.07, 6.45) is 3.17. The summed E-state index contributed by atoms with van der Waals surface area (Å²) in [5, 5.41) is 6.44. The molecule has 0 saturated carbocycles. The van der Waals surface area contributed by atoms with Crippen LogP contribution in [0.3, 0.4) is 0 Å². The van der Waals surface area contributed by atoms with Crippen LogP contribution < -0.4 is 10.6 Å². The third kappa shape index (κ3) is 3.61. The fourth-order valence-corrected chi connectivity index (χ4v) is 2.20. The Morgan fingerprint density at radius 2 is 1.90 bits per heavy atom. The van der Waals surface area contributed by atoms with Gasteiger partial charge in [-0.15, -0.1) is 0 Å². The number of aromatic nitrogens is 2. The molecule has 5 nitrogen and oxygen atoms in total. The molecule has 1 aromatic carbocycles. The zero-order chi connectivity index (χ0) is 14.5. The largest absolute Gasteiger partial charge is 0.467 e. The van der Waals surface area contributed by atoms with Crippen molar-refractivity contribution in [3.05, 3.63) is 65.3 Å². The molecule has 106 valence electrons. The van der Waals surface area contributed by atoms with Gasteiger partial charge < -0.3 is 15.1 Å². The number of benzene rings is 1. The monoisotopic (exact) mass is 344 g/mol. The van der Waals surface area contributed by atoms with Crippen molar-refractivity contribution in [2.24, 2.45) is 0 Å². The molecule has 0 aliphatic rings. The molecule has 0 saturated heterocycles. The highest BCUT2D eigenvalue weighted by Gasteiger charge is 2.03. The molecule has 3 aromatic rings. The average molecular weight is 345 g/mol. The Hall–Kier alpha value is -2.34. The minimum atomic E-state index is 0.582. The summed E-state index contributed by atoms with van der Waals surface area (Å²) in [4.78, 5) is 8.40. The predicted octanol–water partition coefficient (Wildman–Crippen LogP) is 4.19. The van der Waals surface area contributed by atoms with Crippen molar-refractivity contribution in [2.45, 2.75) is 6.54 Å². The zero-order valence-electron chi connectivity index (χ0n) is 11.1. The van der Waals surface area contributed by atoms with Gasteiger partial charge in [-0.05, 0) is 40.2 Å². The van der Waals surface area contributed by atoms with Gasteiger partial charge in [0.05, 0.1) is 18.5 Å². The number of furan rings is 1. The summed E-state index contributed by atoms with van der Waals surface area (Å²) in [5.74, 6) is 2.31. The van der Waals surface area contributed by atoms with E-state index in [1.54, 1.807) is 6.26 Å². The lowest BCUT2D eigenvalue weighted by Crippen LogP contribution is -2.02. The van der Waals surface area contributed by atoms with E-state index in [0.29, 0.717) is 6.54 Å². The first-order chi connectivity index (χ1) is 10.3. The first-order valence-electron chi connectivity index (χ1n) is 6.41. The lowest BCUT2D eigenvalue weighted by atomic mass is 10.3. The van der Waals surface area contributed by atoms with Gasteiger partial charge in [0.15, 0.2) is 0 Å². The SMILES string of the molecule is Brc1ccccc1Nc1cc(NCc2ccco2)ncn1. The van der Waals surface area contributed by atoms with Crippen LogP contribution in [-0.4, -0.2) is 9.97 Å². The van der Waals surface area contributed by atoms with Gasteiger partial charge in [0.2, 0.25) is 0 Å². The lowest BCUT2D eigenvalue weighted by Gasteiger charge is -2.09. The molecule has 21 heavy (non-hydrogen) atoms. The molecule has 0 fully saturated rings. The Labute approximate surface area is 130 Å². The van der Waals surface area contributed by atoms with Gasteiger partial charge in [-0.1, -0.05) is 12.1 Å². The summed E-state index contributed by atoms with van der Waals surface area (Å²) >= 11 is 3.50. The van der Waals surface area contributed by atoms with Gasteiger partial charge in [-0.2, -0.15) is 0 Å². The zero-order valence-corrected chi connectivity index (χ0v) is 12.7. The van der Waals surface area contributed by atoms with Crippen LogP contribution in [0, 0.1) is 0 Å². The number of hydrogen-bond acceptors (Lipinski definition) is 5. The van der Waals surface area contributed by atoms with Gasteiger partial charge in [0, 0.05) is 10.5 Å². The summed E-state index contributed by atoms with van der Waals surface area (Å²) in [6.45, 7) is 0.582. The Morgan fingerprint density at radius 3 is 2.71 bits per heavy atom. The maximum Gasteiger partial charge on any atom is 0.135 e. The third-order valence-corrected chi connectivity index (χ3v) is 3.52. The number of halogens is 1. The quantitative estimate of drug-likeness (QED) is 0.726. The number of nitrogens with one attached hydrogen (secondary N) is 2. The van der Waals surface area contributed by atoms with Crippen molar-refractivity contribution in [2.75, 3.05) is 10.6 Å². The van der Waals surface area contributed by atoms with Crippen molar-refractivity contribution in [1.29, 1.82) is 0 Å². The molecular formula is C15H13BrN4O. The number of nitrogens with zero attached hydrogens (tertiary/aromatic N) is 2. The molecule has 0 amide bonds. The molecule has 2 heterocycles. The first kappa shape index (κ1) is 13.6. The van der Waals surface area contributed by atoms with Crippen LogP contribution in [-0.2, 0) is 6.54 Å². The van der Waals surface area contributed by atoms with E-state index in [1.807, 2.05) is 42.5 Å². The molecule has 0 radical (unpaired) electrons. The second kappa shape index (κ2) is 6.41. The number of rotatable bonds is 5. The number of anilines is 3. The van der Waals surface area contributed by atoms with E-state index in [0.717, 1.165) is 27.6 Å². The van der Waals surface area contributed by atoms with E-state index in [-0.39, 0.29) is 0 Å². The topological polar surface area (TPSA) is 63.0 Å². The number of para-hydroxylation sites is 1. The molecular weight excluding hydrogens is 332 g/mol. The van der Waals surface area contributed by atoms with Crippen LogP contribution in [0.5, 0.6) is 0 Å². The van der Waals surface area contributed by atoms with E-state index in [1.165, 1.54) is 6.33 Å². The highest BCUT2D eigenvalue weighted by Crippen LogP contribution is 2.24. The van der Waals surface area contributed by atoms with Gasteiger partial charge in [0.25, 0.3) is 0 Å². The molecule has 0 aliphatic heterocycles. The number of hydrogen-bond donors (Lipinski definition) is 2. The molecule has 0 spiro atoms. The van der Waals surface area contributed by atoms with E-state index in [4.69, 9.17) is 4.42 Å². The van der Waals surface area contributed by atoms with Crippen LogP contribution in [0.1, 0.15) is 5.76 Å². The van der Waals surface area contributed by atoms with E-state index in [2.05, 4.69) is 36.5 Å². The summed E-state index contributed by atoms with van der Waals surface area (Å²) in [7, 11) is 0. The van der Waals surface area contributed by atoms with E-state index >= 15 is 0 Å². The predicted molar refractivity (Wildman–Crippen MR) is 85.5 cm³/mol. The van der Waals surface area contributed by atoms with Gasteiger partial charge in [-0.3, -0.25) is 0 Å². The summed E-state index contributed by atoms with van der Waals surface area (Å²) in [5.41, 5.74) is 0.952. The Balaban J connectivity index is 1.70. The summed E-state index contributed by atoms with van der Waals surface area (Å²) < 4.78 is 6.25. The molecule has 0 unspecified atom stereocenters. The van der Waals surface area contributed by atoms with Gasteiger partial charge >= 0.3 is 0 Å².